The summed E-state index contributed by atoms with van der Waals surface area (Å²) >= 11 is 0. The Balaban J connectivity index is 1.11. The lowest BCUT2D eigenvalue weighted by atomic mass is 9.70. The van der Waals surface area contributed by atoms with E-state index < -0.39 is 5.41 Å². The van der Waals surface area contributed by atoms with Crippen molar-refractivity contribution in [2.24, 2.45) is 0 Å². The SMILES string of the molecule is CC(C)(C)c1ccc(N(c2ccc(-c3ccc4ccccc4c3)cc2)c2cc3c(c4c2oc2ccccc24)-c2c(ccc4c2oc2ccccc24)C32c3ccccc3-c3ccccc32)cc1. The highest BCUT2D eigenvalue weighted by atomic mass is 16.3. The molecule has 0 N–H and O–H groups in total. The van der Waals surface area contributed by atoms with Crippen molar-refractivity contribution in [2.75, 3.05) is 4.90 Å². The fourth-order valence-corrected chi connectivity index (χ4v) is 11.6. The molecule has 0 amide bonds. The lowest BCUT2D eigenvalue weighted by Gasteiger charge is -2.32. The minimum atomic E-state index is -0.645. The molecule has 0 unspecified atom stereocenters. The van der Waals surface area contributed by atoms with E-state index >= 15 is 0 Å². The van der Waals surface area contributed by atoms with Crippen LogP contribution in [-0.2, 0) is 10.8 Å². The maximum Gasteiger partial charge on any atom is 0.160 e. The van der Waals surface area contributed by atoms with Crippen LogP contribution in [0.2, 0.25) is 0 Å². The smallest absolute Gasteiger partial charge is 0.160 e. The van der Waals surface area contributed by atoms with E-state index in [4.69, 9.17) is 8.83 Å². The van der Waals surface area contributed by atoms with Crippen molar-refractivity contribution in [1.29, 1.82) is 0 Å². The van der Waals surface area contributed by atoms with Crippen LogP contribution in [0.3, 0.4) is 0 Å². The van der Waals surface area contributed by atoms with Gasteiger partial charge in [0.15, 0.2) is 5.58 Å². The zero-order chi connectivity index (χ0) is 43.9. The van der Waals surface area contributed by atoms with Crippen molar-refractivity contribution in [3.8, 4) is 33.4 Å². The van der Waals surface area contributed by atoms with Crippen LogP contribution in [0.25, 0.3) is 88.0 Å². The van der Waals surface area contributed by atoms with Gasteiger partial charge in [-0.3, -0.25) is 0 Å². The minimum absolute atomic E-state index is 0.00611. The second-order valence-electron chi connectivity index (χ2n) is 19.2. The zero-order valence-electron chi connectivity index (χ0n) is 36.9. The van der Waals surface area contributed by atoms with Crippen LogP contribution in [-0.4, -0.2) is 0 Å². The van der Waals surface area contributed by atoms with Crippen molar-refractivity contribution in [3.63, 3.8) is 0 Å². The molecule has 14 rings (SSSR count). The first-order chi connectivity index (χ1) is 32.4. The predicted octanol–water partition coefficient (Wildman–Crippen LogP) is 17.4. The summed E-state index contributed by atoms with van der Waals surface area (Å²) in [7, 11) is 0. The topological polar surface area (TPSA) is 29.5 Å². The Hall–Kier alpha value is -8.14. The largest absolute Gasteiger partial charge is 0.455 e. The lowest BCUT2D eigenvalue weighted by molar-refractivity contribution is 0.590. The Morgan fingerprint density at radius 2 is 0.985 bits per heavy atom. The Bertz CT molecular complexity index is 3930. The van der Waals surface area contributed by atoms with Crippen LogP contribution in [0.4, 0.5) is 17.1 Å². The van der Waals surface area contributed by atoms with E-state index in [0.717, 1.165) is 66.5 Å². The van der Waals surface area contributed by atoms with Crippen molar-refractivity contribution in [3.05, 3.63) is 234 Å². The van der Waals surface area contributed by atoms with Crippen molar-refractivity contribution in [1.82, 2.24) is 0 Å². The molecule has 0 saturated heterocycles. The molecule has 312 valence electrons. The first-order valence-corrected chi connectivity index (χ1v) is 23.0. The molecule has 1 spiro atoms. The molecule has 0 radical (unpaired) electrons. The molecule has 0 aliphatic heterocycles. The van der Waals surface area contributed by atoms with E-state index in [2.05, 4.69) is 232 Å². The molecule has 66 heavy (non-hydrogen) atoms. The molecule has 0 atom stereocenters. The Morgan fingerprint density at radius 3 is 1.70 bits per heavy atom. The van der Waals surface area contributed by atoms with Crippen molar-refractivity contribution >= 4 is 71.7 Å². The van der Waals surface area contributed by atoms with Crippen molar-refractivity contribution < 1.29 is 8.83 Å². The van der Waals surface area contributed by atoms with Gasteiger partial charge in [0.2, 0.25) is 0 Å². The quantitative estimate of drug-likeness (QED) is 0.177. The molecule has 3 heteroatoms. The number of para-hydroxylation sites is 2. The van der Waals surface area contributed by atoms with Gasteiger partial charge in [0.05, 0.1) is 11.1 Å². The maximum atomic E-state index is 7.25. The number of hydrogen-bond acceptors (Lipinski definition) is 3. The van der Waals surface area contributed by atoms with Crippen LogP contribution in [0, 0.1) is 0 Å². The molecular weight excluding hydrogens is 803 g/mol. The molecule has 2 heterocycles. The molecule has 0 fully saturated rings. The summed E-state index contributed by atoms with van der Waals surface area (Å²) in [6.07, 6.45) is 0. The summed E-state index contributed by atoms with van der Waals surface area (Å²) in [6.45, 7) is 6.82. The molecule has 10 aromatic carbocycles. The molecule has 3 nitrogen and oxygen atoms in total. The standard InChI is InChI=1S/C63H43NO2/c1-62(2,3)42-28-32-44(33-29-42)64(43-30-26-39(27-31-43)41-25-24-38-14-4-5-15-40(38)36-41)54-37-53-58(57-49-19-9-13-23-56(49)66-61(54)57)59-52(35-34-48-47-18-8-12-22-55(47)65-60(48)59)63(53)50-20-10-6-16-45(50)46-17-7-11-21-51(46)63/h4-37H,1-3H3. The van der Waals surface area contributed by atoms with Gasteiger partial charge in [0.1, 0.15) is 16.7 Å². The second kappa shape index (κ2) is 13.4. The highest BCUT2D eigenvalue weighted by Gasteiger charge is 2.54. The van der Waals surface area contributed by atoms with Crippen molar-refractivity contribution in [2.45, 2.75) is 31.6 Å². The number of benzene rings is 10. The van der Waals surface area contributed by atoms with Gasteiger partial charge < -0.3 is 13.7 Å². The third-order valence-corrected chi connectivity index (χ3v) is 14.6. The first kappa shape index (κ1) is 37.3. The summed E-state index contributed by atoms with van der Waals surface area (Å²) in [5.74, 6) is 0. The van der Waals surface area contributed by atoms with Crippen LogP contribution in [0.1, 0.15) is 48.6 Å². The molecule has 2 aliphatic rings. The van der Waals surface area contributed by atoms with Crippen LogP contribution in [0.5, 0.6) is 0 Å². The van der Waals surface area contributed by atoms with E-state index in [0.29, 0.717) is 0 Å². The summed E-state index contributed by atoms with van der Waals surface area (Å²) in [5, 5.41) is 6.87. The lowest BCUT2D eigenvalue weighted by Crippen LogP contribution is -2.26. The van der Waals surface area contributed by atoms with E-state index in [-0.39, 0.29) is 5.41 Å². The average Bonchev–Trinajstić information content (AvgIpc) is 4.09. The maximum absolute atomic E-state index is 7.25. The number of nitrogens with zero attached hydrogens (tertiary/aromatic N) is 1. The minimum Gasteiger partial charge on any atom is -0.455 e. The first-order valence-electron chi connectivity index (χ1n) is 23.0. The average molecular weight is 846 g/mol. The van der Waals surface area contributed by atoms with Gasteiger partial charge in [-0.05, 0) is 115 Å². The highest BCUT2D eigenvalue weighted by Crippen LogP contribution is 2.67. The Labute approximate surface area is 382 Å². The van der Waals surface area contributed by atoms with E-state index in [9.17, 15) is 0 Å². The third-order valence-electron chi connectivity index (χ3n) is 14.6. The normalized spacial score (nSPS) is 13.5. The number of rotatable bonds is 4. The molecule has 2 aromatic heterocycles. The predicted molar refractivity (Wildman–Crippen MR) is 274 cm³/mol. The number of anilines is 3. The second-order valence-corrected chi connectivity index (χ2v) is 19.2. The third kappa shape index (κ3) is 5.03. The van der Waals surface area contributed by atoms with E-state index in [1.807, 2.05) is 0 Å². The molecule has 0 bridgehead atoms. The zero-order valence-corrected chi connectivity index (χ0v) is 36.9. The highest BCUT2D eigenvalue weighted by molar-refractivity contribution is 6.24. The summed E-state index contributed by atoms with van der Waals surface area (Å²) in [6, 6.07) is 75.7. The van der Waals surface area contributed by atoms with E-state index in [1.54, 1.807) is 0 Å². The van der Waals surface area contributed by atoms with Crippen LogP contribution in [0.15, 0.2) is 215 Å². The fourth-order valence-electron chi connectivity index (χ4n) is 11.6. The Kier molecular flexibility index (Phi) is 7.59. The summed E-state index contributed by atoms with van der Waals surface area (Å²) in [4.78, 5) is 2.42. The summed E-state index contributed by atoms with van der Waals surface area (Å²) < 4.78 is 14.3. The number of hydrogen-bond donors (Lipinski definition) is 0. The van der Waals surface area contributed by atoms with Gasteiger partial charge in [-0.15, -0.1) is 0 Å². The fraction of sp³-hybridized carbons (Fsp3) is 0.0794. The van der Waals surface area contributed by atoms with Gasteiger partial charge in [0, 0.05) is 44.0 Å². The Morgan fingerprint density at radius 1 is 0.409 bits per heavy atom. The molecular formula is C63H43NO2. The number of fused-ring (bicyclic) bond motifs is 19. The molecule has 12 aromatic rings. The van der Waals surface area contributed by atoms with E-state index in [1.165, 1.54) is 66.4 Å². The molecule has 2 aliphatic carbocycles. The van der Waals surface area contributed by atoms with Gasteiger partial charge in [-0.2, -0.15) is 0 Å². The monoisotopic (exact) mass is 845 g/mol. The van der Waals surface area contributed by atoms with Gasteiger partial charge >= 0.3 is 0 Å². The molecule has 0 saturated carbocycles. The van der Waals surface area contributed by atoms with Gasteiger partial charge in [0.25, 0.3) is 0 Å². The van der Waals surface area contributed by atoms with Gasteiger partial charge in [-0.1, -0.05) is 178 Å². The van der Waals surface area contributed by atoms with Crippen LogP contribution < -0.4 is 4.90 Å². The summed E-state index contributed by atoms with van der Waals surface area (Å²) in [5.41, 5.74) is 19.4. The van der Waals surface area contributed by atoms with Crippen LogP contribution >= 0.6 is 0 Å². The van der Waals surface area contributed by atoms with Gasteiger partial charge in [-0.25, -0.2) is 0 Å². The number of furan rings is 2.